The molecule has 0 aliphatic carbocycles. The smallest absolute Gasteiger partial charge is 0.250 e. The molecule has 8 heteroatoms. The van der Waals surface area contributed by atoms with Crippen LogP contribution in [0.1, 0.15) is 22.4 Å². The van der Waals surface area contributed by atoms with Crippen LogP contribution in [0.15, 0.2) is 39.2 Å². The van der Waals surface area contributed by atoms with Crippen molar-refractivity contribution < 1.29 is 12.8 Å². The van der Waals surface area contributed by atoms with Crippen LogP contribution in [0.25, 0.3) is 10.8 Å². The average molecular weight is 369 g/mol. The number of nitrogens with zero attached hydrogens (tertiary/aromatic N) is 1. The van der Waals surface area contributed by atoms with Crippen molar-refractivity contribution in [2.24, 2.45) is 0 Å². The summed E-state index contributed by atoms with van der Waals surface area (Å²) in [5, 5.41) is 0.756. The molecule has 0 spiro atoms. The Kier molecular flexibility index (Phi) is 4.67. The van der Waals surface area contributed by atoms with Crippen molar-refractivity contribution in [1.29, 1.82) is 0 Å². The molecule has 23 heavy (non-hydrogen) atoms. The summed E-state index contributed by atoms with van der Waals surface area (Å²) in [4.78, 5) is 6.37. The van der Waals surface area contributed by atoms with Crippen LogP contribution in [0, 0.1) is 6.92 Å². The first-order valence-corrected chi connectivity index (χ1v) is 10.2. The van der Waals surface area contributed by atoms with Gasteiger partial charge in [0.25, 0.3) is 0 Å². The van der Waals surface area contributed by atoms with Crippen molar-refractivity contribution in [1.82, 2.24) is 9.71 Å². The Balaban J connectivity index is 1.75. The minimum absolute atomic E-state index is 0.228. The zero-order valence-corrected chi connectivity index (χ0v) is 15.1. The lowest BCUT2D eigenvalue weighted by molar-refractivity contribution is 0.581. The summed E-state index contributed by atoms with van der Waals surface area (Å²) in [6.45, 7) is 4.10. The number of thiazole rings is 1. The normalized spacial score (nSPS) is 11.9. The zero-order valence-electron chi connectivity index (χ0n) is 12.7. The van der Waals surface area contributed by atoms with Crippen molar-refractivity contribution in [2.75, 3.05) is 0 Å². The maximum atomic E-state index is 12.3. The summed E-state index contributed by atoms with van der Waals surface area (Å²) in [7, 11) is -3.49. The van der Waals surface area contributed by atoms with E-state index in [9.17, 15) is 8.42 Å². The third kappa shape index (κ3) is 3.55. The summed E-state index contributed by atoms with van der Waals surface area (Å²) >= 11 is 2.74. The highest BCUT2D eigenvalue weighted by atomic mass is 32.2. The molecule has 0 aromatic carbocycles. The van der Waals surface area contributed by atoms with E-state index in [0.717, 1.165) is 26.9 Å². The Hall–Kier alpha value is -1.48. The predicted octanol–water partition coefficient (Wildman–Crippen LogP) is 3.81. The molecule has 5 nitrogen and oxygen atoms in total. The molecule has 3 heterocycles. The third-order valence-electron chi connectivity index (χ3n) is 3.30. The van der Waals surface area contributed by atoms with Gasteiger partial charge in [0, 0.05) is 16.3 Å². The quantitative estimate of drug-likeness (QED) is 0.718. The molecule has 0 fully saturated rings. The minimum Gasteiger partial charge on any atom is -0.462 e. The summed E-state index contributed by atoms with van der Waals surface area (Å²) < 4.78 is 33.0. The largest absolute Gasteiger partial charge is 0.462 e. The highest BCUT2D eigenvalue weighted by Crippen LogP contribution is 2.29. The van der Waals surface area contributed by atoms with Crippen LogP contribution in [0.3, 0.4) is 0 Å². The zero-order chi connectivity index (χ0) is 16.4. The second kappa shape index (κ2) is 6.56. The molecule has 0 unspecified atom stereocenters. The van der Waals surface area contributed by atoms with Gasteiger partial charge in [-0.15, -0.1) is 22.7 Å². The molecule has 3 aromatic heterocycles. The van der Waals surface area contributed by atoms with E-state index in [2.05, 4.69) is 9.71 Å². The first-order valence-electron chi connectivity index (χ1n) is 7.08. The molecule has 122 valence electrons. The number of aromatic nitrogens is 1. The first kappa shape index (κ1) is 16.4. The number of sulfonamides is 1. The van der Waals surface area contributed by atoms with Crippen LogP contribution >= 0.6 is 22.7 Å². The van der Waals surface area contributed by atoms with Crippen LogP contribution in [-0.2, 0) is 23.0 Å². The summed E-state index contributed by atoms with van der Waals surface area (Å²) in [5.74, 6) is 0.693. The van der Waals surface area contributed by atoms with E-state index in [1.165, 1.54) is 22.7 Å². The summed E-state index contributed by atoms with van der Waals surface area (Å²) in [6.07, 6.45) is 2.43. The fourth-order valence-electron chi connectivity index (χ4n) is 2.02. The Morgan fingerprint density at radius 2 is 2.09 bits per heavy atom. The fraction of sp³-hybridized carbons (Fsp3) is 0.267. The third-order valence-corrected chi connectivity index (χ3v) is 7.59. The Labute approximate surface area is 143 Å². The predicted molar refractivity (Wildman–Crippen MR) is 92.3 cm³/mol. The number of thiophene rings is 1. The molecule has 1 N–H and O–H groups in total. The molecule has 0 saturated carbocycles. The highest BCUT2D eigenvalue weighted by Gasteiger charge is 2.18. The lowest BCUT2D eigenvalue weighted by atomic mass is 10.4. The van der Waals surface area contributed by atoms with Gasteiger partial charge in [-0.05, 0) is 37.6 Å². The summed E-state index contributed by atoms with van der Waals surface area (Å²) in [6, 6.07) is 7.15. The monoisotopic (exact) mass is 368 g/mol. The number of aryl methyl sites for hydroxylation is 2. The van der Waals surface area contributed by atoms with Gasteiger partial charge in [-0.2, -0.15) is 0 Å². The standard InChI is InChI=1S/C15H16N2O3S3/c1-3-11-6-7-14(21-11)23(18,19)16-9-13-10(2)17-15(22-13)12-5-4-8-20-12/h4-8,16H,3,9H2,1-2H3. The molecule has 0 radical (unpaired) electrons. The maximum Gasteiger partial charge on any atom is 0.250 e. The van der Waals surface area contributed by atoms with Gasteiger partial charge >= 0.3 is 0 Å². The molecule has 3 rings (SSSR count). The first-order chi connectivity index (χ1) is 11.0. The summed E-state index contributed by atoms with van der Waals surface area (Å²) in [5.41, 5.74) is 0.810. The van der Waals surface area contributed by atoms with Crippen LogP contribution in [0.5, 0.6) is 0 Å². The topological polar surface area (TPSA) is 72.2 Å². The Bertz CT molecular complexity index is 892. The Morgan fingerprint density at radius 3 is 2.74 bits per heavy atom. The van der Waals surface area contributed by atoms with Gasteiger partial charge in [0.05, 0.1) is 12.0 Å². The SMILES string of the molecule is CCc1ccc(S(=O)(=O)NCc2sc(-c3ccco3)nc2C)s1. The molecule has 0 aliphatic rings. The molecule has 3 aromatic rings. The van der Waals surface area contributed by atoms with Crippen LogP contribution in [-0.4, -0.2) is 13.4 Å². The number of nitrogens with one attached hydrogen (secondary N) is 1. The number of hydrogen-bond acceptors (Lipinski definition) is 6. The Morgan fingerprint density at radius 1 is 1.26 bits per heavy atom. The fourth-order valence-corrected chi connectivity index (χ4v) is 5.42. The van der Waals surface area contributed by atoms with Crippen LogP contribution in [0.4, 0.5) is 0 Å². The number of rotatable bonds is 6. The van der Waals surface area contributed by atoms with Gasteiger partial charge in [0.15, 0.2) is 10.8 Å². The maximum absolute atomic E-state index is 12.3. The number of furan rings is 1. The molecular formula is C15H16N2O3S3. The second-order valence-electron chi connectivity index (χ2n) is 4.90. The lowest BCUT2D eigenvalue weighted by Crippen LogP contribution is -2.22. The van der Waals surface area contributed by atoms with Crippen molar-refractivity contribution >= 4 is 32.7 Å². The van der Waals surface area contributed by atoms with Gasteiger partial charge in [-0.1, -0.05) is 6.92 Å². The van der Waals surface area contributed by atoms with E-state index in [1.807, 2.05) is 26.0 Å². The molecule has 0 aliphatic heterocycles. The molecule has 0 bridgehead atoms. The van der Waals surface area contributed by atoms with Gasteiger partial charge in [-0.25, -0.2) is 18.1 Å². The van der Waals surface area contributed by atoms with E-state index in [0.29, 0.717) is 9.97 Å². The van der Waals surface area contributed by atoms with Crippen LogP contribution in [0.2, 0.25) is 0 Å². The van der Waals surface area contributed by atoms with Gasteiger partial charge in [0.1, 0.15) is 4.21 Å². The molecule has 0 amide bonds. The van der Waals surface area contributed by atoms with E-state index in [1.54, 1.807) is 18.4 Å². The van der Waals surface area contributed by atoms with Crippen molar-refractivity contribution in [3.63, 3.8) is 0 Å². The van der Waals surface area contributed by atoms with E-state index >= 15 is 0 Å². The van der Waals surface area contributed by atoms with Crippen molar-refractivity contribution in [3.8, 4) is 10.8 Å². The minimum atomic E-state index is -3.49. The van der Waals surface area contributed by atoms with Crippen LogP contribution < -0.4 is 4.72 Å². The number of hydrogen-bond donors (Lipinski definition) is 1. The van der Waals surface area contributed by atoms with E-state index in [-0.39, 0.29) is 6.54 Å². The lowest BCUT2D eigenvalue weighted by Gasteiger charge is -2.03. The molecular weight excluding hydrogens is 352 g/mol. The van der Waals surface area contributed by atoms with Gasteiger partial charge < -0.3 is 4.42 Å². The molecule has 0 atom stereocenters. The van der Waals surface area contributed by atoms with E-state index < -0.39 is 10.0 Å². The van der Waals surface area contributed by atoms with Crippen molar-refractivity contribution in [3.05, 3.63) is 46.0 Å². The van der Waals surface area contributed by atoms with Gasteiger partial charge in [0.2, 0.25) is 10.0 Å². The van der Waals surface area contributed by atoms with Gasteiger partial charge in [-0.3, -0.25) is 0 Å². The highest BCUT2D eigenvalue weighted by molar-refractivity contribution is 7.91. The average Bonchev–Trinajstić information content (AvgIpc) is 3.25. The molecule has 0 saturated heterocycles. The van der Waals surface area contributed by atoms with E-state index in [4.69, 9.17) is 4.42 Å². The van der Waals surface area contributed by atoms with Crippen molar-refractivity contribution in [2.45, 2.75) is 31.0 Å². The second-order valence-corrected chi connectivity index (χ2v) is 9.15.